The van der Waals surface area contributed by atoms with Crippen molar-refractivity contribution in [1.82, 2.24) is 0 Å². The Hall–Kier alpha value is -1.52. The van der Waals surface area contributed by atoms with Crippen molar-refractivity contribution in [3.63, 3.8) is 0 Å². The molecule has 2 aromatic rings. The molecule has 0 aliphatic carbocycles. The minimum atomic E-state index is -0.230. The maximum absolute atomic E-state index is 12.1. The Labute approximate surface area is 124 Å². The van der Waals surface area contributed by atoms with Gasteiger partial charge >= 0.3 is 0 Å². The number of carbonyl (C=O) groups is 1. The molecule has 0 aliphatic rings. The van der Waals surface area contributed by atoms with Crippen molar-refractivity contribution in [2.75, 3.05) is 11.1 Å². The number of anilines is 2. The van der Waals surface area contributed by atoms with Gasteiger partial charge in [-0.3, -0.25) is 4.79 Å². The van der Waals surface area contributed by atoms with Crippen LogP contribution in [0.1, 0.15) is 15.9 Å². The molecule has 2 rings (SSSR count). The second-order valence-electron chi connectivity index (χ2n) is 4.15. The van der Waals surface area contributed by atoms with Crippen LogP contribution in [0.2, 0.25) is 5.02 Å². The van der Waals surface area contributed by atoms with Crippen LogP contribution in [0.25, 0.3) is 0 Å². The van der Waals surface area contributed by atoms with E-state index in [1.54, 1.807) is 30.3 Å². The van der Waals surface area contributed by atoms with Gasteiger partial charge in [-0.1, -0.05) is 17.7 Å². The van der Waals surface area contributed by atoms with E-state index < -0.39 is 0 Å². The van der Waals surface area contributed by atoms with Crippen LogP contribution >= 0.6 is 27.5 Å². The molecule has 3 nitrogen and oxygen atoms in total. The summed E-state index contributed by atoms with van der Waals surface area (Å²) in [7, 11) is 0. The number of nitrogens with two attached hydrogens (primary N) is 1. The molecule has 0 atom stereocenters. The predicted octanol–water partition coefficient (Wildman–Crippen LogP) is 4.25. The lowest BCUT2D eigenvalue weighted by Gasteiger charge is -2.10. The summed E-state index contributed by atoms with van der Waals surface area (Å²) in [4.78, 5) is 12.1. The number of carbonyl (C=O) groups excluding carboxylic acids is 1. The van der Waals surface area contributed by atoms with Crippen molar-refractivity contribution < 1.29 is 4.79 Å². The molecule has 0 saturated carbocycles. The van der Waals surface area contributed by atoms with Gasteiger partial charge in [-0.25, -0.2) is 0 Å². The van der Waals surface area contributed by atoms with Crippen molar-refractivity contribution >= 4 is 44.8 Å². The van der Waals surface area contributed by atoms with Crippen LogP contribution in [0, 0.1) is 6.92 Å². The minimum absolute atomic E-state index is 0.230. The number of hydrogen-bond donors (Lipinski definition) is 2. The second kappa shape index (κ2) is 5.63. The molecular formula is C14H12BrClN2O. The van der Waals surface area contributed by atoms with Crippen LogP contribution < -0.4 is 11.1 Å². The second-order valence-corrected chi connectivity index (χ2v) is 5.44. The quantitative estimate of drug-likeness (QED) is 0.804. The fraction of sp³-hybridized carbons (Fsp3) is 0.0714. The SMILES string of the molecule is Cc1cc(Br)c(NC(=O)c2cccc(Cl)c2)cc1N. The van der Waals surface area contributed by atoms with Crippen LogP contribution in [0.15, 0.2) is 40.9 Å². The summed E-state index contributed by atoms with van der Waals surface area (Å²) in [5.74, 6) is -0.230. The van der Waals surface area contributed by atoms with Crippen LogP contribution in [0.3, 0.4) is 0 Å². The Morgan fingerprint density at radius 3 is 2.74 bits per heavy atom. The van der Waals surface area contributed by atoms with Gasteiger partial charge in [0.2, 0.25) is 0 Å². The van der Waals surface area contributed by atoms with E-state index in [4.69, 9.17) is 17.3 Å². The van der Waals surface area contributed by atoms with Gasteiger partial charge in [-0.15, -0.1) is 0 Å². The van der Waals surface area contributed by atoms with E-state index in [1.165, 1.54) is 0 Å². The zero-order valence-corrected chi connectivity index (χ0v) is 12.5. The van der Waals surface area contributed by atoms with Crippen LogP contribution in [0.5, 0.6) is 0 Å². The average molecular weight is 340 g/mol. The van der Waals surface area contributed by atoms with Gasteiger partial charge < -0.3 is 11.1 Å². The van der Waals surface area contributed by atoms with Gasteiger partial charge in [-0.05, 0) is 58.7 Å². The molecule has 0 bridgehead atoms. The summed E-state index contributed by atoms with van der Waals surface area (Å²) in [5, 5.41) is 3.32. The van der Waals surface area contributed by atoms with E-state index in [2.05, 4.69) is 21.2 Å². The number of rotatable bonds is 2. The molecule has 0 heterocycles. The molecule has 98 valence electrons. The lowest BCUT2D eigenvalue weighted by Crippen LogP contribution is -2.12. The van der Waals surface area contributed by atoms with Crippen molar-refractivity contribution in [2.45, 2.75) is 6.92 Å². The molecule has 3 N–H and O–H groups in total. The molecule has 2 aromatic carbocycles. The Morgan fingerprint density at radius 1 is 1.32 bits per heavy atom. The fourth-order valence-electron chi connectivity index (χ4n) is 1.61. The average Bonchev–Trinajstić information content (AvgIpc) is 2.36. The van der Waals surface area contributed by atoms with Crippen LogP contribution in [-0.2, 0) is 0 Å². The van der Waals surface area contributed by atoms with Gasteiger partial charge in [0.05, 0.1) is 5.69 Å². The lowest BCUT2D eigenvalue weighted by molar-refractivity contribution is 0.102. The summed E-state index contributed by atoms with van der Waals surface area (Å²) in [6, 6.07) is 10.4. The molecule has 5 heteroatoms. The maximum Gasteiger partial charge on any atom is 0.255 e. The highest BCUT2D eigenvalue weighted by atomic mass is 79.9. The van der Waals surface area contributed by atoms with E-state index in [0.717, 1.165) is 10.0 Å². The van der Waals surface area contributed by atoms with Crippen molar-refractivity contribution in [3.8, 4) is 0 Å². The summed E-state index contributed by atoms with van der Waals surface area (Å²) < 4.78 is 0.787. The largest absolute Gasteiger partial charge is 0.398 e. The van der Waals surface area contributed by atoms with Gasteiger partial charge in [0.15, 0.2) is 0 Å². The van der Waals surface area contributed by atoms with Crippen LogP contribution in [-0.4, -0.2) is 5.91 Å². The Balaban J connectivity index is 2.27. The minimum Gasteiger partial charge on any atom is -0.398 e. The number of aryl methyl sites for hydroxylation is 1. The third kappa shape index (κ3) is 3.28. The first-order chi connectivity index (χ1) is 8.97. The molecule has 1 amide bonds. The zero-order valence-electron chi connectivity index (χ0n) is 10.2. The fourth-order valence-corrected chi connectivity index (χ4v) is 2.36. The molecule has 0 unspecified atom stereocenters. The standard InChI is InChI=1S/C14H12BrClN2O/c1-8-5-11(15)13(7-12(8)17)18-14(19)9-3-2-4-10(16)6-9/h2-7H,17H2,1H3,(H,18,19). The smallest absolute Gasteiger partial charge is 0.255 e. The first-order valence-electron chi connectivity index (χ1n) is 5.60. The number of amides is 1. The van der Waals surface area contributed by atoms with Crippen molar-refractivity contribution in [3.05, 3.63) is 57.0 Å². The lowest BCUT2D eigenvalue weighted by atomic mass is 10.1. The van der Waals surface area contributed by atoms with Crippen LogP contribution in [0.4, 0.5) is 11.4 Å². The summed E-state index contributed by atoms with van der Waals surface area (Å²) in [6.07, 6.45) is 0. The number of nitrogens with one attached hydrogen (secondary N) is 1. The number of nitrogen functional groups attached to an aromatic ring is 1. The highest BCUT2D eigenvalue weighted by Gasteiger charge is 2.10. The first kappa shape index (κ1) is 13.9. The summed E-state index contributed by atoms with van der Waals surface area (Å²) in [6.45, 7) is 1.91. The van der Waals surface area contributed by atoms with E-state index in [0.29, 0.717) is 22.0 Å². The zero-order chi connectivity index (χ0) is 14.0. The van der Waals surface area contributed by atoms with Gasteiger partial charge in [-0.2, -0.15) is 0 Å². The number of benzene rings is 2. The highest BCUT2D eigenvalue weighted by Crippen LogP contribution is 2.28. The summed E-state index contributed by atoms with van der Waals surface area (Å²) >= 11 is 9.26. The Kier molecular flexibility index (Phi) is 4.12. The molecule has 0 radical (unpaired) electrons. The molecule has 0 aromatic heterocycles. The third-order valence-corrected chi connectivity index (χ3v) is 3.58. The monoisotopic (exact) mass is 338 g/mol. The van der Waals surface area contributed by atoms with E-state index >= 15 is 0 Å². The molecule has 0 aliphatic heterocycles. The van der Waals surface area contributed by atoms with E-state index in [9.17, 15) is 4.79 Å². The predicted molar refractivity (Wildman–Crippen MR) is 82.7 cm³/mol. The van der Waals surface area contributed by atoms with Gasteiger partial charge in [0.25, 0.3) is 5.91 Å². The van der Waals surface area contributed by atoms with E-state index in [-0.39, 0.29) is 5.91 Å². The molecule has 0 saturated heterocycles. The Bertz CT molecular complexity index is 643. The topological polar surface area (TPSA) is 55.1 Å². The van der Waals surface area contributed by atoms with Gasteiger partial charge in [0.1, 0.15) is 0 Å². The molecule has 0 fully saturated rings. The summed E-state index contributed by atoms with van der Waals surface area (Å²) in [5.41, 5.74) is 8.55. The Morgan fingerprint density at radius 2 is 2.05 bits per heavy atom. The first-order valence-corrected chi connectivity index (χ1v) is 6.77. The van der Waals surface area contributed by atoms with Crippen molar-refractivity contribution in [1.29, 1.82) is 0 Å². The third-order valence-electron chi connectivity index (χ3n) is 2.69. The maximum atomic E-state index is 12.1. The number of halogens is 2. The molecular weight excluding hydrogens is 328 g/mol. The van der Waals surface area contributed by atoms with Gasteiger partial charge in [0, 0.05) is 20.7 Å². The van der Waals surface area contributed by atoms with Crippen molar-refractivity contribution in [2.24, 2.45) is 0 Å². The normalized spacial score (nSPS) is 10.3. The van der Waals surface area contributed by atoms with E-state index in [1.807, 2.05) is 13.0 Å². The molecule has 0 spiro atoms. The number of hydrogen-bond acceptors (Lipinski definition) is 2. The molecule has 19 heavy (non-hydrogen) atoms. The highest BCUT2D eigenvalue weighted by molar-refractivity contribution is 9.10.